The van der Waals surface area contributed by atoms with Crippen molar-refractivity contribution in [1.82, 2.24) is 15.5 Å². The number of amides is 1. The van der Waals surface area contributed by atoms with Crippen LogP contribution in [0.1, 0.15) is 90.6 Å². The Hall–Kier alpha value is -3.15. The molecule has 12 heteroatoms. The summed E-state index contributed by atoms with van der Waals surface area (Å²) < 4.78 is 22.8. The van der Waals surface area contributed by atoms with E-state index in [1.807, 2.05) is 41.5 Å². The smallest absolute Gasteiger partial charge is 0.306 e. The van der Waals surface area contributed by atoms with Crippen molar-refractivity contribution in [3.05, 3.63) is 11.9 Å². The van der Waals surface area contributed by atoms with E-state index >= 15 is 0 Å². The molecule has 4 atom stereocenters. The van der Waals surface area contributed by atoms with Gasteiger partial charge in [0.1, 0.15) is 12.7 Å². The fraction of sp³-hybridized carbons (Fsp3) is 0.741. The first-order valence-electron chi connectivity index (χ1n) is 13.6. The van der Waals surface area contributed by atoms with Gasteiger partial charge in [0, 0.05) is 19.3 Å². The second-order valence-electron chi connectivity index (χ2n) is 11.1. The van der Waals surface area contributed by atoms with Gasteiger partial charge in [-0.15, -0.1) is 0 Å². The highest BCUT2D eigenvalue weighted by Crippen LogP contribution is 2.28. The third kappa shape index (κ3) is 10.9. The van der Waals surface area contributed by atoms with Crippen molar-refractivity contribution >= 4 is 23.8 Å². The molecule has 0 aromatic carbocycles. The lowest BCUT2D eigenvalue weighted by Crippen LogP contribution is -2.47. The topological polar surface area (TPSA) is 166 Å². The van der Waals surface area contributed by atoms with Gasteiger partial charge in [-0.1, -0.05) is 41.5 Å². The van der Waals surface area contributed by atoms with Crippen molar-refractivity contribution in [2.45, 2.75) is 105 Å². The number of nitrogens with one attached hydrogen (secondary N) is 2. The van der Waals surface area contributed by atoms with E-state index in [0.717, 1.165) is 6.20 Å². The van der Waals surface area contributed by atoms with Crippen LogP contribution in [0.2, 0.25) is 0 Å². The number of hydrogen-bond donors (Lipinski definition) is 3. The van der Waals surface area contributed by atoms with Crippen LogP contribution in [0, 0.1) is 17.8 Å². The molecule has 1 saturated heterocycles. The van der Waals surface area contributed by atoms with E-state index in [4.69, 9.17) is 18.9 Å². The van der Waals surface area contributed by atoms with Crippen molar-refractivity contribution in [1.29, 1.82) is 0 Å². The number of carbonyl (C=O) groups excluding carboxylic acids is 4. The molecule has 39 heavy (non-hydrogen) atoms. The van der Waals surface area contributed by atoms with Gasteiger partial charge >= 0.3 is 17.9 Å². The average molecular weight is 554 g/mol. The number of aromatic amines is 1. The van der Waals surface area contributed by atoms with Crippen LogP contribution in [-0.4, -0.2) is 70.3 Å². The first kappa shape index (κ1) is 32.1. The van der Waals surface area contributed by atoms with E-state index in [1.54, 1.807) is 0 Å². The maximum absolute atomic E-state index is 12.8. The van der Waals surface area contributed by atoms with E-state index in [2.05, 4.69) is 15.5 Å². The molecule has 1 aromatic rings. The molecular weight excluding hydrogens is 510 g/mol. The second kappa shape index (κ2) is 15.4. The van der Waals surface area contributed by atoms with Gasteiger partial charge in [-0.3, -0.25) is 24.3 Å². The number of carbonyl (C=O) groups is 4. The summed E-state index contributed by atoms with van der Waals surface area (Å²) in [5.74, 6) is -1.89. The van der Waals surface area contributed by atoms with Crippen LogP contribution >= 0.6 is 0 Å². The molecule has 3 N–H and O–H groups in total. The van der Waals surface area contributed by atoms with Crippen LogP contribution < -0.4 is 5.32 Å². The highest BCUT2D eigenvalue weighted by molar-refractivity contribution is 5.94. The third-order valence-corrected chi connectivity index (χ3v) is 6.15. The molecule has 1 aliphatic heterocycles. The summed E-state index contributed by atoms with van der Waals surface area (Å²) >= 11 is 0. The predicted octanol–water partition coefficient (Wildman–Crippen LogP) is 3.25. The lowest BCUT2D eigenvalue weighted by atomic mass is 10.1. The lowest BCUT2D eigenvalue weighted by molar-refractivity contribution is -0.169. The van der Waals surface area contributed by atoms with Crippen LogP contribution in [0.3, 0.4) is 0 Å². The van der Waals surface area contributed by atoms with Gasteiger partial charge in [-0.2, -0.15) is 5.10 Å². The van der Waals surface area contributed by atoms with E-state index in [9.17, 15) is 24.3 Å². The third-order valence-electron chi connectivity index (χ3n) is 6.15. The summed E-state index contributed by atoms with van der Waals surface area (Å²) in [6.07, 6.45) is -1.34. The van der Waals surface area contributed by atoms with E-state index in [1.165, 1.54) is 0 Å². The van der Waals surface area contributed by atoms with Crippen LogP contribution in [0.4, 0.5) is 0 Å². The van der Waals surface area contributed by atoms with Crippen LogP contribution in [0.25, 0.3) is 0 Å². The second-order valence-corrected chi connectivity index (χ2v) is 11.1. The summed E-state index contributed by atoms with van der Waals surface area (Å²) in [4.78, 5) is 50.5. The first-order chi connectivity index (χ1) is 18.4. The normalized spacial score (nSPS) is 20.8. The Morgan fingerprint density at radius 3 is 1.90 bits per heavy atom. The summed E-state index contributed by atoms with van der Waals surface area (Å²) in [7, 11) is 0. The van der Waals surface area contributed by atoms with Gasteiger partial charge in [-0.25, -0.2) is 0 Å². The number of esters is 3. The highest BCUT2D eigenvalue weighted by Gasteiger charge is 2.51. The Morgan fingerprint density at radius 2 is 1.41 bits per heavy atom. The maximum Gasteiger partial charge on any atom is 0.306 e. The van der Waals surface area contributed by atoms with Gasteiger partial charge in [0.15, 0.2) is 29.9 Å². The molecule has 12 nitrogen and oxygen atoms in total. The SMILES string of the molecule is CC(C)CCC(=O)OC[C@H]1OC(NC(=O)c2[nH]ncc2O)[C@H](OC(=O)CCC(C)C)[C@@H]1OC(=O)CCC(C)C. The van der Waals surface area contributed by atoms with Crippen LogP contribution in [0.15, 0.2) is 6.20 Å². The summed E-state index contributed by atoms with van der Waals surface area (Å²) in [6.45, 7) is 11.6. The van der Waals surface area contributed by atoms with Crippen LogP contribution in [-0.2, 0) is 33.3 Å². The molecule has 1 unspecified atom stereocenters. The molecule has 1 amide bonds. The number of aromatic nitrogens is 2. The average Bonchev–Trinajstić information content (AvgIpc) is 3.42. The molecule has 0 aliphatic carbocycles. The maximum atomic E-state index is 12.8. The van der Waals surface area contributed by atoms with E-state index in [0.29, 0.717) is 25.2 Å². The van der Waals surface area contributed by atoms with E-state index in [-0.39, 0.29) is 49.1 Å². The molecule has 0 saturated carbocycles. The quantitative estimate of drug-likeness (QED) is 0.217. The molecular formula is C27H43N3O9. The summed E-state index contributed by atoms with van der Waals surface area (Å²) in [5, 5.41) is 18.4. The highest BCUT2D eigenvalue weighted by atomic mass is 16.7. The Bertz CT molecular complexity index is 960. The van der Waals surface area contributed by atoms with E-state index < -0.39 is 48.4 Å². The number of nitrogens with zero attached hydrogens (tertiary/aromatic N) is 1. The Morgan fingerprint density at radius 1 is 0.897 bits per heavy atom. The molecule has 0 bridgehead atoms. The zero-order valence-electron chi connectivity index (χ0n) is 23.7. The minimum Gasteiger partial charge on any atom is -0.504 e. The monoisotopic (exact) mass is 553 g/mol. The predicted molar refractivity (Wildman–Crippen MR) is 139 cm³/mol. The fourth-order valence-electron chi connectivity index (χ4n) is 3.79. The molecule has 220 valence electrons. The standard InChI is InChI=1S/C27H43N3O9/c1-15(2)7-10-20(32)36-14-19-24(38-21(33)11-8-16(3)4)25(39-22(34)12-9-17(5)6)27(37-19)29-26(35)23-18(31)13-28-30-23/h13,15-17,19,24-25,27,31H,7-12,14H2,1-6H3,(H,28,30)(H,29,35)/t19-,24-,25-,27?/m1/s1. The summed E-state index contributed by atoms with van der Waals surface area (Å²) in [6, 6.07) is 0. The Labute approximate surface area is 229 Å². The van der Waals surface area contributed by atoms with Gasteiger partial charge in [-0.05, 0) is 37.0 Å². The van der Waals surface area contributed by atoms with Crippen molar-refractivity contribution < 1.29 is 43.2 Å². The van der Waals surface area contributed by atoms with Crippen molar-refractivity contribution in [2.24, 2.45) is 17.8 Å². The van der Waals surface area contributed by atoms with Gasteiger partial charge < -0.3 is 29.4 Å². The van der Waals surface area contributed by atoms with Crippen LogP contribution in [0.5, 0.6) is 5.75 Å². The number of aromatic hydroxyl groups is 1. The minimum absolute atomic E-state index is 0.110. The molecule has 2 rings (SSSR count). The van der Waals surface area contributed by atoms with Crippen molar-refractivity contribution in [3.63, 3.8) is 0 Å². The molecule has 1 aliphatic rings. The fourth-order valence-corrected chi connectivity index (χ4v) is 3.79. The zero-order chi connectivity index (χ0) is 29.1. The van der Waals surface area contributed by atoms with Gasteiger partial charge in [0.2, 0.25) is 0 Å². The Balaban J connectivity index is 2.26. The molecule has 0 spiro atoms. The number of hydrogen-bond acceptors (Lipinski definition) is 10. The van der Waals surface area contributed by atoms with Gasteiger partial charge in [0.25, 0.3) is 5.91 Å². The molecule has 0 radical (unpaired) electrons. The first-order valence-corrected chi connectivity index (χ1v) is 13.6. The number of H-pyrrole nitrogens is 1. The molecule has 1 fully saturated rings. The summed E-state index contributed by atoms with van der Waals surface area (Å²) in [5.41, 5.74) is -0.225. The molecule has 1 aromatic heterocycles. The van der Waals surface area contributed by atoms with Gasteiger partial charge in [0.05, 0.1) is 6.20 Å². The molecule has 2 heterocycles. The Kier molecular flexibility index (Phi) is 12.7. The van der Waals surface area contributed by atoms with Crippen molar-refractivity contribution in [3.8, 4) is 5.75 Å². The lowest BCUT2D eigenvalue weighted by Gasteiger charge is -2.25. The minimum atomic E-state index is -1.26. The zero-order valence-corrected chi connectivity index (χ0v) is 23.7. The van der Waals surface area contributed by atoms with Crippen molar-refractivity contribution in [2.75, 3.05) is 6.61 Å². The largest absolute Gasteiger partial charge is 0.504 e. The number of rotatable bonds is 15. The number of ether oxygens (including phenoxy) is 4.